The molecule has 1 aliphatic carbocycles. The van der Waals surface area contributed by atoms with Gasteiger partial charge in [0.05, 0.1) is 19.8 Å². The van der Waals surface area contributed by atoms with Gasteiger partial charge < -0.3 is 9.47 Å². The van der Waals surface area contributed by atoms with Gasteiger partial charge >= 0.3 is 0 Å². The summed E-state index contributed by atoms with van der Waals surface area (Å²) in [6, 6.07) is 3.78. The Bertz CT molecular complexity index is 451. The molecule has 0 saturated heterocycles. The molecule has 1 atom stereocenters. The maximum Gasteiger partial charge on any atom is 0.167 e. The van der Waals surface area contributed by atoms with Crippen LogP contribution in [0, 0.1) is 0 Å². The molecule has 1 aromatic carbocycles. The average molecular weight is 248 g/mol. The molecule has 0 bridgehead atoms. The normalized spacial score (nSPS) is 17.7. The van der Waals surface area contributed by atoms with Crippen molar-refractivity contribution in [2.45, 2.75) is 38.5 Å². The minimum Gasteiger partial charge on any atom is -0.497 e. The van der Waals surface area contributed by atoms with Crippen molar-refractivity contribution in [3.05, 3.63) is 23.3 Å². The predicted octanol–water partition coefficient (Wildman–Crippen LogP) is 3.56. The van der Waals surface area contributed by atoms with E-state index in [4.69, 9.17) is 9.47 Å². The maximum atomic E-state index is 12.1. The number of hydrogen-bond acceptors (Lipinski definition) is 3. The minimum absolute atomic E-state index is 0.200. The van der Waals surface area contributed by atoms with E-state index in [1.165, 1.54) is 0 Å². The highest BCUT2D eigenvalue weighted by Gasteiger charge is 2.32. The molecule has 0 spiro atoms. The van der Waals surface area contributed by atoms with Crippen molar-refractivity contribution in [1.82, 2.24) is 0 Å². The number of methoxy groups -OCH3 is 2. The first-order valence-corrected chi connectivity index (χ1v) is 6.50. The number of benzene rings is 1. The smallest absolute Gasteiger partial charge is 0.167 e. The van der Waals surface area contributed by atoms with Crippen molar-refractivity contribution in [3.63, 3.8) is 0 Å². The SMILES string of the molecule is CCCCC1CC(=O)c2c(OC)cc(OC)cc21. The van der Waals surface area contributed by atoms with Gasteiger partial charge in [-0.25, -0.2) is 0 Å². The Labute approximate surface area is 108 Å². The Morgan fingerprint density at radius 1 is 1.28 bits per heavy atom. The first kappa shape index (κ1) is 12.9. The van der Waals surface area contributed by atoms with Crippen LogP contribution >= 0.6 is 0 Å². The van der Waals surface area contributed by atoms with Crippen LogP contribution in [0.5, 0.6) is 11.5 Å². The molecular formula is C15H20O3. The first-order valence-electron chi connectivity index (χ1n) is 6.50. The Kier molecular flexibility index (Phi) is 3.90. The highest BCUT2D eigenvalue weighted by Crippen LogP contribution is 2.43. The molecule has 0 aliphatic heterocycles. The second kappa shape index (κ2) is 5.42. The molecule has 0 aromatic heterocycles. The fourth-order valence-corrected chi connectivity index (χ4v) is 2.65. The lowest BCUT2D eigenvalue weighted by molar-refractivity contribution is 0.0985. The van der Waals surface area contributed by atoms with Crippen molar-refractivity contribution < 1.29 is 14.3 Å². The summed E-state index contributed by atoms with van der Waals surface area (Å²) < 4.78 is 10.6. The number of fused-ring (bicyclic) bond motifs is 1. The van der Waals surface area contributed by atoms with E-state index in [0.717, 1.165) is 36.1 Å². The van der Waals surface area contributed by atoms with E-state index in [1.807, 2.05) is 6.07 Å². The van der Waals surface area contributed by atoms with Crippen molar-refractivity contribution >= 4 is 5.78 Å². The lowest BCUT2D eigenvalue weighted by atomic mass is 9.95. The Hall–Kier alpha value is -1.51. The van der Waals surface area contributed by atoms with Crippen LogP contribution in [0.2, 0.25) is 0 Å². The fourth-order valence-electron chi connectivity index (χ4n) is 2.65. The molecule has 3 nitrogen and oxygen atoms in total. The average Bonchev–Trinajstić information content (AvgIpc) is 2.72. The van der Waals surface area contributed by atoms with Crippen molar-refractivity contribution in [2.75, 3.05) is 14.2 Å². The van der Waals surface area contributed by atoms with E-state index in [9.17, 15) is 4.79 Å². The minimum atomic E-state index is 0.200. The van der Waals surface area contributed by atoms with E-state index in [-0.39, 0.29) is 5.78 Å². The molecule has 1 aliphatic rings. The van der Waals surface area contributed by atoms with E-state index in [1.54, 1.807) is 20.3 Å². The summed E-state index contributed by atoms with van der Waals surface area (Å²) in [7, 11) is 3.24. The number of ketones is 1. The molecule has 3 heteroatoms. The summed E-state index contributed by atoms with van der Waals surface area (Å²) in [5.41, 5.74) is 1.86. The van der Waals surface area contributed by atoms with Crippen LogP contribution < -0.4 is 9.47 Å². The third kappa shape index (κ3) is 2.22. The van der Waals surface area contributed by atoms with Crippen LogP contribution in [0.4, 0.5) is 0 Å². The monoisotopic (exact) mass is 248 g/mol. The van der Waals surface area contributed by atoms with Crippen molar-refractivity contribution in [3.8, 4) is 11.5 Å². The van der Waals surface area contributed by atoms with Crippen molar-refractivity contribution in [1.29, 1.82) is 0 Å². The van der Waals surface area contributed by atoms with Gasteiger partial charge in [-0.1, -0.05) is 19.8 Å². The number of carbonyl (C=O) groups excluding carboxylic acids is 1. The van der Waals surface area contributed by atoms with Crippen molar-refractivity contribution in [2.24, 2.45) is 0 Å². The number of carbonyl (C=O) groups is 1. The zero-order valence-corrected chi connectivity index (χ0v) is 11.3. The quantitative estimate of drug-likeness (QED) is 0.799. The van der Waals surface area contributed by atoms with Crippen LogP contribution in [0.25, 0.3) is 0 Å². The molecule has 0 radical (unpaired) electrons. The van der Waals surface area contributed by atoms with Gasteiger partial charge in [-0.2, -0.15) is 0 Å². The Morgan fingerprint density at radius 3 is 2.67 bits per heavy atom. The Morgan fingerprint density at radius 2 is 2.06 bits per heavy atom. The van der Waals surface area contributed by atoms with Crippen LogP contribution in [0.15, 0.2) is 12.1 Å². The molecule has 98 valence electrons. The molecular weight excluding hydrogens is 228 g/mol. The summed E-state index contributed by atoms with van der Waals surface area (Å²) in [5, 5.41) is 0. The van der Waals surface area contributed by atoms with Crippen LogP contribution in [0.3, 0.4) is 0 Å². The molecule has 18 heavy (non-hydrogen) atoms. The second-order valence-electron chi connectivity index (χ2n) is 4.76. The molecule has 0 N–H and O–H groups in total. The molecule has 0 amide bonds. The van der Waals surface area contributed by atoms with E-state index in [2.05, 4.69) is 6.92 Å². The summed E-state index contributed by atoms with van der Waals surface area (Å²) in [4.78, 5) is 12.1. The molecule has 1 unspecified atom stereocenters. The third-order valence-electron chi connectivity index (χ3n) is 3.62. The highest BCUT2D eigenvalue weighted by molar-refractivity contribution is 6.04. The van der Waals surface area contributed by atoms with Crippen LogP contribution in [-0.2, 0) is 0 Å². The zero-order valence-electron chi connectivity index (χ0n) is 11.3. The summed E-state index contributed by atoms with van der Waals surface area (Å²) in [6.45, 7) is 2.17. The fraction of sp³-hybridized carbons (Fsp3) is 0.533. The largest absolute Gasteiger partial charge is 0.497 e. The molecule has 1 aromatic rings. The molecule has 0 heterocycles. The van der Waals surface area contributed by atoms with Gasteiger partial charge in [-0.05, 0) is 24.0 Å². The van der Waals surface area contributed by atoms with Crippen LogP contribution in [-0.4, -0.2) is 20.0 Å². The molecule has 0 saturated carbocycles. The Balaban J connectivity index is 2.41. The van der Waals surface area contributed by atoms with Gasteiger partial charge in [-0.15, -0.1) is 0 Å². The van der Waals surface area contributed by atoms with E-state index in [0.29, 0.717) is 18.1 Å². The van der Waals surface area contributed by atoms with E-state index < -0.39 is 0 Å². The first-order chi connectivity index (χ1) is 8.71. The number of hydrogen-bond donors (Lipinski definition) is 0. The van der Waals surface area contributed by atoms with Gasteiger partial charge in [0, 0.05) is 12.5 Å². The van der Waals surface area contributed by atoms with Crippen LogP contribution in [0.1, 0.15) is 54.4 Å². The van der Waals surface area contributed by atoms with Gasteiger partial charge in [0.1, 0.15) is 11.5 Å². The lowest BCUT2D eigenvalue weighted by Gasteiger charge is -2.13. The summed E-state index contributed by atoms with van der Waals surface area (Å²) in [6.07, 6.45) is 3.97. The van der Waals surface area contributed by atoms with Gasteiger partial charge in [0.2, 0.25) is 0 Å². The molecule has 0 fully saturated rings. The number of ether oxygens (including phenoxy) is 2. The highest BCUT2D eigenvalue weighted by atomic mass is 16.5. The van der Waals surface area contributed by atoms with Gasteiger partial charge in [0.25, 0.3) is 0 Å². The number of rotatable bonds is 5. The second-order valence-corrected chi connectivity index (χ2v) is 4.76. The van der Waals surface area contributed by atoms with Gasteiger partial charge in [-0.3, -0.25) is 4.79 Å². The standard InChI is InChI=1S/C15H20O3/c1-4-5-6-10-7-13(16)15-12(10)8-11(17-2)9-14(15)18-3/h8-10H,4-7H2,1-3H3. The summed E-state index contributed by atoms with van der Waals surface area (Å²) in [5.74, 6) is 1.94. The number of Topliss-reactive ketones (excluding diaryl/α,β-unsaturated/α-hetero) is 1. The topological polar surface area (TPSA) is 35.5 Å². The third-order valence-corrected chi connectivity index (χ3v) is 3.62. The summed E-state index contributed by atoms with van der Waals surface area (Å²) >= 11 is 0. The molecule has 2 rings (SSSR count). The maximum absolute atomic E-state index is 12.1. The van der Waals surface area contributed by atoms with E-state index >= 15 is 0 Å². The van der Waals surface area contributed by atoms with Gasteiger partial charge in [0.15, 0.2) is 5.78 Å². The zero-order chi connectivity index (χ0) is 13.1. The number of unbranched alkanes of at least 4 members (excludes halogenated alkanes) is 1. The predicted molar refractivity (Wildman–Crippen MR) is 70.8 cm³/mol. The lowest BCUT2D eigenvalue weighted by Crippen LogP contribution is -1.98.